The second-order valence-corrected chi connectivity index (χ2v) is 7.23. The molecule has 0 N–H and O–H groups in total. The Labute approximate surface area is 144 Å². The molecule has 0 unspecified atom stereocenters. The molecule has 116 valence electrons. The Hall–Kier alpha value is -2.65. The molecule has 0 saturated heterocycles. The SMILES string of the molecule is Cc1cccc2c1CN=C(c1cc3ccccc3s1)c1cccn1-2. The van der Waals surface area contributed by atoms with Gasteiger partial charge in [-0.05, 0) is 48.2 Å². The van der Waals surface area contributed by atoms with Gasteiger partial charge >= 0.3 is 0 Å². The van der Waals surface area contributed by atoms with E-state index in [1.165, 1.54) is 37.5 Å². The number of fused-ring (bicyclic) bond motifs is 4. The second kappa shape index (κ2) is 5.18. The van der Waals surface area contributed by atoms with Gasteiger partial charge in [0, 0.05) is 16.5 Å². The Balaban J connectivity index is 1.75. The molecule has 24 heavy (non-hydrogen) atoms. The first-order chi connectivity index (χ1) is 11.8. The lowest BCUT2D eigenvalue weighted by Gasteiger charge is -2.11. The minimum absolute atomic E-state index is 0.729. The fraction of sp³-hybridized carbons (Fsp3) is 0.0952. The molecule has 2 aromatic heterocycles. The van der Waals surface area contributed by atoms with Crippen LogP contribution in [0.3, 0.4) is 0 Å². The number of aryl methyl sites for hydroxylation is 1. The Kier molecular flexibility index (Phi) is 2.97. The van der Waals surface area contributed by atoms with Crippen molar-refractivity contribution in [2.45, 2.75) is 13.5 Å². The number of hydrogen-bond donors (Lipinski definition) is 0. The van der Waals surface area contributed by atoms with Crippen LogP contribution in [0, 0.1) is 6.92 Å². The van der Waals surface area contributed by atoms with Crippen LogP contribution in [0.4, 0.5) is 0 Å². The zero-order valence-corrected chi connectivity index (χ0v) is 14.2. The summed E-state index contributed by atoms with van der Waals surface area (Å²) in [6.07, 6.45) is 2.14. The first-order valence-electron chi connectivity index (χ1n) is 8.11. The van der Waals surface area contributed by atoms with E-state index in [-0.39, 0.29) is 0 Å². The third-order valence-corrected chi connectivity index (χ3v) is 5.81. The molecule has 0 atom stereocenters. The van der Waals surface area contributed by atoms with E-state index in [1.807, 2.05) is 11.3 Å². The van der Waals surface area contributed by atoms with Crippen molar-refractivity contribution in [3.05, 3.63) is 88.6 Å². The zero-order chi connectivity index (χ0) is 16.1. The maximum absolute atomic E-state index is 5.01. The molecule has 0 radical (unpaired) electrons. The lowest BCUT2D eigenvalue weighted by atomic mass is 10.1. The summed E-state index contributed by atoms with van der Waals surface area (Å²) >= 11 is 1.82. The lowest BCUT2D eigenvalue weighted by molar-refractivity contribution is 1.00. The molecule has 3 heteroatoms. The lowest BCUT2D eigenvalue weighted by Crippen LogP contribution is -2.06. The largest absolute Gasteiger partial charge is 0.315 e. The first-order valence-corrected chi connectivity index (χ1v) is 8.93. The van der Waals surface area contributed by atoms with E-state index in [9.17, 15) is 0 Å². The Morgan fingerprint density at radius 3 is 2.83 bits per heavy atom. The number of aromatic nitrogens is 1. The van der Waals surface area contributed by atoms with Crippen LogP contribution in [0.15, 0.2) is 71.9 Å². The van der Waals surface area contributed by atoms with Gasteiger partial charge in [-0.15, -0.1) is 11.3 Å². The zero-order valence-electron chi connectivity index (χ0n) is 13.4. The molecular weight excluding hydrogens is 312 g/mol. The number of rotatable bonds is 1. The van der Waals surface area contributed by atoms with E-state index in [1.54, 1.807) is 0 Å². The summed E-state index contributed by atoms with van der Waals surface area (Å²) in [7, 11) is 0. The fourth-order valence-electron chi connectivity index (χ4n) is 3.44. The van der Waals surface area contributed by atoms with Crippen molar-refractivity contribution in [1.82, 2.24) is 4.57 Å². The number of thiophene rings is 1. The average molecular weight is 328 g/mol. The van der Waals surface area contributed by atoms with Crippen LogP contribution in [0.1, 0.15) is 21.7 Å². The maximum Gasteiger partial charge on any atom is 0.0991 e. The van der Waals surface area contributed by atoms with Gasteiger partial charge in [-0.25, -0.2) is 0 Å². The predicted octanol–water partition coefficient (Wildman–Crippen LogP) is 5.35. The molecule has 0 amide bonds. The van der Waals surface area contributed by atoms with Crippen LogP contribution in [-0.4, -0.2) is 10.3 Å². The van der Waals surface area contributed by atoms with Crippen molar-refractivity contribution in [2.75, 3.05) is 0 Å². The maximum atomic E-state index is 5.01. The topological polar surface area (TPSA) is 17.3 Å². The molecule has 1 aliphatic rings. The molecule has 4 aromatic rings. The molecule has 5 rings (SSSR count). The van der Waals surface area contributed by atoms with E-state index in [4.69, 9.17) is 4.99 Å². The summed E-state index contributed by atoms with van der Waals surface area (Å²) in [4.78, 5) is 6.25. The van der Waals surface area contributed by atoms with Crippen LogP contribution in [0.2, 0.25) is 0 Å². The predicted molar refractivity (Wildman–Crippen MR) is 102 cm³/mol. The van der Waals surface area contributed by atoms with E-state index in [2.05, 4.69) is 78.4 Å². The van der Waals surface area contributed by atoms with E-state index < -0.39 is 0 Å². The smallest absolute Gasteiger partial charge is 0.0991 e. The van der Waals surface area contributed by atoms with Crippen molar-refractivity contribution in [2.24, 2.45) is 4.99 Å². The molecule has 0 bridgehead atoms. The van der Waals surface area contributed by atoms with Gasteiger partial charge in [-0.2, -0.15) is 0 Å². The summed E-state index contributed by atoms with van der Waals surface area (Å²) in [6, 6.07) is 21.6. The van der Waals surface area contributed by atoms with Crippen LogP contribution < -0.4 is 0 Å². The van der Waals surface area contributed by atoms with Gasteiger partial charge in [-0.3, -0.25) is 4.99 Å². The molecular formula is C21H16N2S. The van der Waals surface area contributed by atoms with Crippen molar-refractivity contribution >= 4 is 27.1 Å². The van der Waals surface area contributed by atoms with Crippen molar-refractivity contribution in [1.29, 1.82) is 0 Å². The quantitative estimate of drug-likeness (QED) is 0.448. The Morgan fingerprint density at radius 2 is 1.92 bits per heavy atom. The highest BCUT2D eigenvalue weighted by atomic mass is 32.1. The number of aliphatic imine (C=N–C) groups is 1. The highest BCUT2D eigenvalue weighted by molar-refractivity contribution is 7.21. The molecule has 0 aliphatic carbocycles. The standard InChI is InChI=1S/C21H16N2S/c1-14-6-4-8-17-16(14)13-22-21(18-9-5-11-23(17)18)20-12-15-7-2-3-10-19(15)24-20/h2-12H,13H2,1H3. The van der Waals surface area contributed by atoms with E-state index in [0.717, 1.165) is 12.3 Å². The van der Waals surface area contributed by atoms with Crippen LogP contribution in [0.5, 0.6) is 0 Å². The highest BCUT2D eigenvalue weighted by Gasteiger charge is 2.20. The molecule has 2 nitrogen and oxygen atoms in total. The summed E-state index contributed by atoms with van der Waals surface area (Å²) < 4.78 is 3.59. The van der Waals surface area contributed by atoms with Gasteiger partial charge in [0.2, 0.25) is 0 Å². The van der Waals surface area contributed by atoms with Crippen LogP contribution in [0.25, 0.3) is 15.8 Å². The third-order valence-electron chi connectivity index (χ3n) is 4.69. The minimum atomic E-state index is 0.729. The number of benzene rings is 2. The van der Waals surface area contributed by atoms with Gasteiger partial charge < -0.3 is 4.57 Å². The van der Waals surface area contributed by atoms with Gasteiger partial charge in [0.1, 0.15) is 0 Å². The third kappa shape index (κ3) is 1.98. The van der Waals surface area contributed by atoms with Crippen molar-refractivity contribution in [3.63, 3.8) is 0 Å². The van der Waals surface area contributed by atoms with Crippen molar-refractivity contribution in [3.8, 4) is 5.69 Å². The highest BCUT2D eigenvalue weighted by Crippen LogP contribution is 2.31. The van der Waals surface area contributed by atoms with Gasteiger partial charge in [0.25, 0.3) is 0 Å². The Bertz CT molecular complexity index is 1060. The van der Waals surface area contributed by atoms with E-state index in [0.29, 0.717) is 0 Å². The van der Waals surface area contributed by atoms with Gasteiger partial charge in [-0.1, -0.05) is 30.3 Å². The average Bonchev–Trinajstić information content (AvgIpc) is 3.20. The molecule has 0 fully saturated rings. The van der Waals surface area contributed by atoms with Crippen LogP contribution in [-0.2, 0) is 6.54 Å². The van der Waals surface area contributed by atoms with Gasteiger partial charge in [0.15, 0.2) is 0 Å². The molecule has 0 spiro atoms. The number of hydrogen-bond acceptors (Lipinski definition) is 2. The fourth-order valence-corrected chi connectivity index (χ4v) is 4.52. The van der Waals surface area contributed by atoms with Crippen LogP contribution >= 0.6 is 11.3 Å². The molecule has 2 aromatic carbocycles. The molecule has 0 saturated carbocycles. The van der Waals surface area contributed by atoms with E-state index >= 15 is 0 Å². The van der Waals surface area contributed by atoms with Crippen molar-refractivity contribution < 1.29 is 0 Å². The Morgan fingerprint density at radius 1 is 1.00 bits per heavy atom. The summed E-state index contributed by atoms with van der Waals surface area (Å²) in [5.41, 5.74) is 6.12. The first kappa shape index (κ1) is 13.8. The molecule has 1 aliphatic heterocycles. The normalized spacial score (nSPS) is 13.3. The summed E-state index contributed by atoms with van der Waals surface area (Å²) in [5.74, 6) is 0. The summed E-state index contributed by atoms with van der Waals surface area (Å²) in [5, 5.41) is 1.29. The minimum Gasteiger partial charge on any atom is -0.315 e. The number of nitrogens with zero attached hydrogens (tertiary/aromatic N) is 2. The van der Waals surface area contributed by atoms with Gasteiger partial charge in [0.05, 0.1) is 28.5 Å². The monoisotopic (exact) mass is 328 g/mol. The summed E-state index contributed by atoms with van der Waals surface area (Å²) in [6.45, 7) is 2.90. The second-order valence-electron chi connectivity index (χ2n) is 6.15. The molecule has 3 heterocycles.